The highest BCUT2D eigenvalue weighted by molar-refractivity contribution is 7.15. The lowest BCUT2D eigenvalue weighted by Crippen LogP contribution is -2.27. The molecule has 1 aliphatic rings. The Morgan fingerprint density at radius 2 is 2.19 bits per heavy atom. The number of nitrogens with one attached hydrogen (secondary N) is 1. The number of aryl methyl sites for hydroxylation is 1. The van der Waals surface area contributed by atoms with Crippen LogP contribution < -0.4 is 5.32 Å². The number of carbonyl (C=O) groups is 1. The van der Waals surface area contributed by atoms with E-state index >= 15 is 0 Å². The van der Waals surface area contributed by atoms with Crippen molar-refractivity contribution in [2.75, 3.05) is 11.9 Å². The Labute approximate surface area is 162 Å². The minimum Gasteiger partial charge on any atom is -0.444 e. The number of ether oxygens (including phenoxy) is 2. The summed E-state index contributed by atoms with van der Waals surface area (Å²) in [7, 11) is 0. The van der Waals surface area contributed by atoms with Gasteiger partial charge in [0.2, 0.25) is 5.13 Å². The fourth-order valence-corrected chi connectivity index (χ4v) is 3.17. The zero-order valence-corrected chi connectivity index (χ0v) is 16.7. The Hall–Kier alpha value is -2.44. The molecule has 2 aromatic rings. The largest absolute Gasteiger partial charge is 0.444 e. The van der Waals surface area contributed by atoms with Crippen LogP contribution in [0.1, 0.15) is 62.7 Å². The molecule has 1 fully saturated rings. The van der Waals surface area contributed by atoms with Gasteiger partial charge in [-0.2, -0.15) is 5.10 Å². The number of hydrogen-bond acceptors (Lipinski definition) is 7. The molecule has 1 amide bonds. The highest BCUT2D eigenvalue weighted by Gasteiger charge is 2.19. The van der Waals surface area contributed by atoms with Crippen LogP contribution in [0.15, 0.2) is 6.07 Å². The lowest BCUT2D eigenvalue weighted by atomic mass is 10.2. The number of rotatable bonds is 2. The molecule has 0 aromatic carbocycles. The van der Waals surface area contributed by atoms with Crippen molar-refractivity contribution in [1.29, 1.82) is 0 Å². The number of hydrogen-bond donors (Lipinski definition) is 1. The first-order valence-corrected chi connectivity index (χ1v) is 9.65. The van der Waals surface area contributed by atoms with E-state index in [0.717, 1.165) is 31.6 Å². The molecule has 1 saturated heterocycles. The van der Waals surface area contributed by atoms with Gasteiger partial charge in [-0.3, -0.25) is 5.32 Å². The SMILES string of the molecule is Cc1cc(C#Cc2nnc(NC(=O)OC(C)(C)C)s2)nn1C1CCCCO1. The van der Waals surface area contributed by atoms with Gasteiger partial charge in [0.25, 0.3) is 0 Å². The maximum absolute atomic E-state index is 11.8. The van der Waals surface area contributed by atoms with Gasteiger partial charge in [0.05, 0.1) is 0 Å². The first-order chi connectivity index (χ1) is 12.8. The fraction of sp³-hybridized carbons (Fsp3) is 0.556. The molecule has 144 valence electrons. The van der Waals surface area contributed by atoms with Crippen LogP contribution in [0.2, 0.25) is 0 Å². The zero-order chi connectivity index (χ0) is 19.4. The Morgan fingerprint density at radius 1 is 1.37 bits per heavy atom. The highest BCUT2D eigenvalue weighted by atomic mass is 32.1. The number of anilines is 1. The van der Waals surface area contributed by atoms with Gasteiger partial charge >= 0.3 is 6.09 Å². The molecule has 9 heteroatoms. The summed E-state index contributed by atoms with van der Waals surface area (Å²) in [6, 6.07) is 1.92. The Balaban J connectivity index is 1.64. The third-order valence-corrected chi connectivity index (χ3v) is 4.44. The minimum atomic E-state index is -0.573. The second-order valence-electron chi connectivity index (χ2n) is 7.23. The van der Waals surface area contributed by atoms with Gasteiger partial charge in [-0.15, -0.1) is 10.2 Å². The average Bonchev–Trinajstić information content (AvgIpc) is 3.18. The molecule has 0 bridgehead atoms. The van der Waals surface area contributed by atoms with Gasteiger partial charge in [-0.25, -0.2) is 9.48 Å². The second kappa shape index (κ2) is 8.06. The van der Waals surface area contributed by atoms with Crippen molar-refractivity contribution >= 4 is 22.6 Å². The van der Waals surface area contributed by atoms with Gasteiger partial charge in [-0.1, -0.05) is 11.3 Å². The van der Waals surface area contributed by atoms with Gasteiger partial charge in [-0.05, 0) is 64.9 Å². The van der Waals surface area contributed by atoms with Crippen LogP contribution in [0.25, 0.3) is 0 Å². The molecule has 1 N–H and O–H groups in total. The predicted octanol–water partition coefficient (Wildman–Crippen LogP) is 3.49. The van der Waals surface area contributed by atoms with Crippen molar-refractivity contribution in [2.45, 2.75) is 58.8 Å². The quantitative estimate of drug-likeness (QED) is 0.791. The second-order valence-corrected chi connectivity index (χ2v) is 8.20. The lowest BCUT2D eigenvalue weighted by Gasteiger charge is -2.23. The molecule has 3 rings (SSSR count). The Bertz CT molecular complexity index is 866. The topological polar surface area (TPSA) is 91.2 Å². The molecule has 8 nitrogen and oxygen atoms in total. The number of aromatic nitrogens is 4. The number of nitrogens with zero attached hydrogens (tertiary/aromatic N) is 4. The monoisotopic (exact) mass is 389 g/mol. The van der Waals surface area contributed by atoms with Gasteiger partial charge in [0, 0.05) is 12.3 Å². The standard InChI is InChI=1S/C18H23N5O3S/c1-12-11-13(22-23(12)15-7-5-6-10-25-15)8-9-14-20-21-16(27-14)19-17(24)26-18(2,3)4/h11,15H,5-7,10H2,1-4H3,(H,19,21,24). The summed E-state index contributed by atoms with van der Waals surface area (Å²) < 4.78 is 12.8. The van der Waals surface area contributed by atoms with E-state index in [1.807, 2.05) is 17.7 Å². The van der Waals surface area contributed by atoms with Crippen molar-refractivity contribution in [3.63, 3.8) is 0 Å². The van der Waals surface area contributed by atoms with E-state index in [0.29, 0.717) is 15.8 Å². The summed E-state index contributed by atoms with van der Waals surface area (Å²) in [5.74, 6) is 5.93. The summed E-state index contributed by atoms with van der Waals surface area (Å²) in [5.41, 5.74) is 1.09. The van der Waals surface area contributed by atoms with Crippen LogP contribution in [0.4, 0.5) is 9.93 Å². The summed E-state index contributed by atoms with van der Waals surface area (Å²) >= 11 is 1.18. The average molecular weight is 389 g/mol. The van der Waals surface area contributed by atoms with E-state index < -0.39 is 11.7 Å². The van der Waals surface area contributed by atoms with E-state index in [1.54, 1.807) is 20.8 Å². The van der Waals surface area contributed by atoms with Crippen molar-refractivity contribution in [1.82, 2.24) is 20.0 Å². The van der Waals surface area contributed by atoms with Gasteiger partial charge in [0.1, 0.15) is 17.5 Å². The van der Waals surface area contributed by atoms with Gasteiger partial charge < -0.3 is 9.47 Å². The molecule has 2 aromatic heterocycles. The first kappa shape index (κ1) is 19.3. The van der Waals surface area contributed by atoms with Gasteiger partial charge in [0.15, 0.2) is 5.01 Å². The fourth-order valence-electron chi connectivity index (χ4n) is 2.59. The zero-order valence-electron chi connectivity index (χ0n) is 15.9. The van der Waals surface area contributed by atoms with Crippen LogP contribution in [-0.4, -0.2) is 38.3 Å². The first-order valence-electron chi connectivity index (χ1n) is 8.83. The summed E-state index contributed by atoms with van der Waals surface area (Å²) in [6.45, 7) is 8.14. The third-order valence-electron chi connectivity index (χ3n) is 3.68. The molecular formula is C18H23N5O3S. The lowest BCUT2D eigenvalue weighted by molar-refractivity contribution is -0.0407. The smallest absolute Gasteiger partial charge is 0.414 e. The van der Waals surface area contributed by atoms with Crippen molar-refractivity contribution in [2.24, 2.45) is 0 Å². The van der Waals surface area contributed by atoms with Crippen LogP contribution in [0.5, 0.6) is 0 Å². The summed E-state index contributed by atoms with van der Waals surface area (Å²) in [6.07, 6.45) is 2.62. The van der Waals surface area contributed by atoms with E-state index in [9.17, 15) is 4.79 Å². The van der Waals surface area contributed by atoms with Crippen molar-refractivity contribution < 1.29 is 14.3 Å². The predicted molar refractivity (Wildman–Crippen MR) is 102 cm³/mol. The van der Waals surface area contributed by atoms with E-state index in [4.69, 9.17) is 9.47 Å². The molecule has 1 aliphatic heterocycles. The van der Waals surface area contributed by atoms with Crippen LogP contribution in [-0.2, 0) is 9.47 Å². The van der Waals surface area contributed by atoms with E-state index in [2.05, 4.69) is 32.5 Å². The molecular weight excluding hydrogens is 366 g/mol. The molecule has 0 radical (unpaired) electrons. The van der Waals surface area contributed by atoms with Crippen LogP contribution >= 0.6 is 11.3 Å². The van der Waals surface area contributed by atoms with Crippen LogP contribution in [0.3, 0.4) is 0 Å². The number of carbonyl (C=O) groups excluding carboxylic acids is 1. The maximum atomic E-state index is 11.8. The molecule has 0 spiro atoms. The van der Waals surface area contributed by atoms with Crippen LogP contribution in [0, 0.1) is 18.8 Å². The normalized spacial score (nSPS) is 17.1. The summed E-state index contributed by atoms with van der Waals surface area (Å²) in [5, 5.41) is 15.8. The Kier molecular flexibility index (Phi) is 5.77. The molecule has 3 heterocycles. The maximum Gasteiger partial charge on any atom is 0.414 e. The summed E-state index contributed by atoms with van der Waals surface area (Å²) in [4.78, 5) is 11.8. The van der Waals surface area contributed by atoms with E-state index in [1.165, 1.54) is 11.3 Å². The number of amides is 1. The Morgan fingerprint density at radius 3 is 2.89 bits per heavy atom. The molecule has 27 heavy (non-hydrogen) atoms. The molecule has 1 unspecified atom stereocenters. The molecule has 1 atom stereocenters. The minimum absolute atomic E-state index is 0.0135. The highest BCUT2D eigenvalue weighted by Crippen LogP contribution is 2.23. The molecule has 0 aliphatic carbocycles. The van der Waals surface area contributed by atoms with Crippen molar-refractivity contribution in [3.05, 3.63) is 22.5 Å². The van der Waals surface area contributed by atoms with E-state index in [-0.39, 0.29) is 6.23 Å². The molecule has 0 saturated carbocycles. The third kappa shape index (κ3) is 5.52. The van der Waals surface area contributed by atoms with Crippen molar-refractivity contribution in [3.8, 4) is 11.8 Å².